The summed E-state index contributed by atoms with van der Waals surface area (Å²) in [5.41, 5.74) is 7.15. The van der Waals surface area contributed by atoms with Gasteiger partial charge >= 0.3 is 0 Å². The minimum absolute atomic E-state index is 0.0223. The lowest BCUT2D eigenvalue weighted by Gasteiger charge is -2.14. The zero-order valence-electron chi connectivity index (χ0n) is 18.7. The molecule has 0 aliphatic rings. The van der Waals surface area contributed by atoms with Crippen molar-refractivity contribution >= 4 is 50.5 Å². The molecule has 4 aromatic rings. The monoisotopic (exact) mass is 541 g/mol. The molecule has 0 saturated heterocycles. The molecular formula is C26H21Cl2N3O4S. The first kappa shape index (κ1) is 25.5. The third kappa shape index (κ3) is 6.16. The minimum Gasteiger partial charge on any atom is -0.456 e. The number of hydrogen-bond acceptors (Lipinski definition) is 5. The molecule has 36 heavy (non-hydrogen) atoms. The van der Waals surface area contributed by atoms with E-state index in [-0.39, 0.29) is 21.2 Å². The molecule has 0 aliphatic heterocycles. The van der Waals surface area contributed by atoms with E-state index in [0.717, 1.165) is 5.56 Å². The molecule has 0 aliphatic carbocycles. The van der Waals surface area contributed by atoms with Gasteiger partial charge in [0.15, 0.2) is 0 Å². The SMILES string of the molecule is NCc1cccc(NC(=O)c2cc(Cl)ccc2NS(=O)(=O)c2ccc(Oc3ccccc3Cl)cc2)c1. The first-order valence-corrected chi connectivity index (χ1v) is 12.9. The maximum Gasteiger partial charge on any atom is 0.261 e. The standard InChI is InChI=1S/C26H21Cl2N3O4S/c27-18-8-13-24(22(15-18)26(32)30-19-5-3-4-17(14-19)16-29)31-36(33,34)21-11-9-20(10-12-21)35-25-7-2-1-6-23(25)28/h1-15,31H,16,29H2,(H,30,32). The fourth-order valence-corrected chi connectivity index (χ4v) is 4.74. The lowest BCUT2D eigenvalue weighted by Crippen LogP contribution is -2.19. The van der Waals surface area contributed by atoms with Crippen molar-refractivity contribution in [1.29, 1.82) is 0 Å². The molecule has 1 amide bonds. The number of carbonyl (C=O) groups is 1. The van der Waals surface area contributed by atoms with Crippen molar-refractivity contribution in [2.75, 3.05) is 10.0 Å². The van der Waals surface area contributed by atoms with E-state index in [4.69, 9.17) is 33.7 Å². The largest absolute Gasteiger partial charge is 0.456 e. The molecule has 0 heterocycles. The number of benzene rings is 4. The summed E-state index contributed by atoms with van der Waals surface area (Å²) < 4.78 is 34.3. The number of anilines is 2. The van der Waals surface area contributed by atoms with E-state index < -0.39 is 15.9 Å². The fraction of sp³-hybridized carbons (Fsp3) is 0.0385. The van der Waals surface area contributed by atoms with Crippen LogP contribution in [0.1, 0.15) is 15.9 Å². The third-order valence-corrected chi connectivity index (χ3v) is 7.02. The Labute approximate surface area is 218 Å². The maximum absolute atomic E-state index is 13.1. The third-order valence-electron chi connectivity index (χ3n) is 5.09. The van der Waals surface area contributed by atoms with Crippen LogP contribution in [-0.4, -0.2) is 14.3 Å². The van der Waals surface area contributed by atoms with Crippen LogP contribution in [0.3, 0.4) is 0 Å². The van der Waals surface area contributed by atoms with Gasteiger partial charge in [0, 0.05) is 17.3 Å². The average Bonchev–Trinajstić information content (AvgIpc) is 2.87. The summed E-state index contributed by atoms with van der Waals surface area (Å²) >= 11 is 12.2. The molecular weight excluding hydrogens is 521 g/mol. The Morgan fingerprint density at radius 3 is 2.36 bits per heavy atom. The molecule has 0 unspecified atom stereocenters. The van der Waals surface area contributed by atoms with Crippen LogP contribution in [0.2, 0.25) is 10.0 Å². The summed E-state index contributed by atoms with van der Waals surface area (Å²) in [6.45, 7) is 0.314. The van der Waals surface area contributed by atoms with Crippen LogP contribution in [0.5, 0.6) is 11.5 Å². The number of nitrogens with one attached hydrogen (secondary N) is 2. The highest BCUT2D eigenvalue weighted by molar-refractivity contribution is 7.92. The number of sulfonamides is 1. The highest BCUT2D eigenvalue weighted by Crippen LogP contribution is 2.30. The van der Waals surface area contributed by atoms with Crippen molar-refractivity contribution in [2.45, 2.75) is 11.4 Å². The van der Waals surface area contributed by atoms with E-state index in [9.17, 15) is 13.2 Å². The summed E-state index contributed by atoms with van der Waals surface area (Å²) in [5, 5.41) is 3.45. The fourth-order valence-electron chi connectivity index (χ4n) is 3.31. The van der Waals surface area contributed by atoms with Gasteiger partial charge in [-0.3, -0.25) is 9.52 Å². The lowest BCUT2D eigenvalue weighted by molar-refractivity contribution is 0.102. The molecule has 0 bridgehead atoms. The Morgan fingerprint density at radius 1 is 0.889 bits per heavy atom. The second-order valence-corrected chi connectivity index (χ2v) is 10.2. The average molecular weight is 542 g/mol. The Hall–Kier alpha value is -3.56. The van der Waals surface area contributed by atoms with E-state index in [1.54, 1.807) is 42.5 Å². The molecule has 0 radical (unpaired) electrons. The van der Waals surface area contributed by atoms with Crippen LogP contribution >= 0.6 is 23.2 Å². The molecule has 0 saturated carbocycles. The van der Waals surface area contributed by atoms with Gasteiger partial charge in [0.1, 0.15) is 11.5 Å². The van der Waals surface area contributed by atoms with Gasteiger partial charge in [0.2, 0.25) is 0 Å². The molecule has 0 atom stereocenters. The predicted octanol–water partition coefficient (Wildman–Crippen LogP) is 6.30. The first-order chi connectivity index (χ1) is 17.2. The van der Waals surface area contributed by atoms with Crippen molar-refractivity contribution in [1.82, 2.24) is 0 Å². The van der Waals surface area contributed by atoms with E-state index >= 15 is 0 Å². The Kier molecular flexibility index (Phi) is 7.81. The number of hydrogen-bond donors (Lipinski definition) is 3. The Bertz CT molecular complexity index is 1510. The molecule has 4 N–H and O–H groups in total. The van der Waals surface area contributed by atoms with Gasteiger partial charge in [0.25, 0.3) is 15.9 Å². The molecule has 184 valence electrons. The van der Waals surface area contributed by atoms with Crippen LogP contribution in [0.15, 0.2) is 95.9 Å². The van der Waals surface area contributed by atoms with Gasteiger partial charge in [0.05, 0.1) is 21.2 Å². The van der Waals surface area contributed by atoms with Gasteiger partial charge in [-0.25, -0.2) is 8.42 Å². The Balaban J connectivity index is 1.55. The number of nitrogens with two attached hydrogens (primary N) is 1. The molecule has 10 heteroatoms. The second kappa shape index (κ2) is 11.0. The van der Waals surface area contributed by atoms with E-state index in [0.29, 0.717) is 28.8 Å². The maximum atomic E-state index is 13.1. The predicted molar refractivity (Wildman–Crippen MR) is 143 cm³/mol. The van der Waals surface area contributed by atoms with Crippen molar-refractivity contribution in [3.63, 3.8) is 0 Å². The number of ether oxygens (including phenoxy) is 1. The summed E-state index contributed by atoms with van der Waals surface area (Å²) in [4.78, 5) is 13.0. The minimum atomic E-state index is -4.03. The lowest BCUT2D eigenvalue weighted by atomic mass is 10.1. The van der Waals surface area contributed by atoms with E-state index in [2.05, 4.69) is 10.0 Å². The van der Waals surface area contributed by atoms with Crippen molar-refractivity contribution in [3.05, 3.63) is 112 Å². The van der Waals surface area contributed by atoms with Gasteiger partial charge < -0.3 is 15.8 Å². The topological polar surface area (TPSA) is 111 Å². The van der Waals surface area contributed by atoms with Gasteiger partial charge in [-0.2, -0.15) is 0 Å². The molecule has 4 aromatic carbocycles. The first-order valence-electron chi connectivity index (χ1n) is 10.7. The number of amides is 1. The molecule has 7 nitrogen and oxygen atoms in total. The van der Waals surface area contributed by atoms with Gasteiger partial charge in [-0.1, -0.05) is 47.5 Å². The quantitative estimate of drug-likeness (QED) is 0.242. The zero-order chi connectivity index (χ0) is 25.7. The smallest absolute Gasteiger partial charge is 0.261 e. The molecule has 0 aromatic heterocycles. The number of rotatable bonds is 8. The van der Waals surface area contributed by atoms with Crippen LogP contribution in [-0.2, 0) is 16.6 Å². The van der Waals surface area contributed by atoms with Crippen LogP contribution < -0.4 is 20.5 Å². The summed E-state index contributed by atoms with van der Waals surface area (Å²) in [5.74, 6) is 0.322. The zero-order valence-corrected chi connectivity index (χ0v) is 21.1. The van der Waals surface area contributed by atoms with Crippen LogP contribution in [0.4, 0.5) is 11.4 Å². The van der Waals surface area contributed by atoms with Crippen molar-refractivity contribution in [2.24, 2.45) is 5.73 Å². The van der Waals surface area contributed by atoms with Crippen LogP contribution in [0.25, 0.3) is 0 Å². The molecule has 4 rings (SSSR count). The summed E-state index contributed by atoms with van der Waals surface area (Å²) in [7, 11) is -4.03. The van der Waals surface area contributed by atoms with Crippen molar-refractivity contribution in [3.8, 4) is 11.5 Å². The van der Waals surface area contributed by atoms with Crippen molar-refractivity contribution < 1.29 is 17.9 Å². The number of para-hydroxylation sites is 1. The Morgan fingerprint density at radius 2 is 1.64 bits per heavy atom. The van der Waals surface area contributed by atoms with Crippen LogP contribution in [0, 0.1) is 0 Å². The number of carbonyl (C=O) groups excluding carboxylic acids is 1. The highest BCUT2D eigenvalue weighted by Gasteiger charge is 2.20. The van der Waals surface area contributed by atoms with Gasteiger partial charge in [-0.05, 0) is 72.3 Å². The van der Waals surface area contributed by atoms with E-state index in [1.807, 2.05) is 6.07 Å². The van der Waals surface area contributed by atoms with Gasteiger partial charge in [-0.15, -0.1) is 0 Å². The normalized spacial score (nSPS) is 11.1. The summed E-state index contributed by atoms with van der Waals surface area (Å²) in [6, 6.07) is 24.1. The molecule has 0 spiro atoms. The molecule has 0 fully saturated rings. The van der Waals surface area contributed by atoms with E-state index in [1.165, 1.54) is 42.5 Å². The number of halogens is 2. The summed E-state index contributed by atoms with van der Waals surface area (Å²) in [6.07, 6.45) is 0. The second-order valence-electron chi connectivity index (χ2n) is 7.66. The highest BCUT2D eigenvalue weighted by atomic mass is 35.5.